The van der Waals surface area contributed by atoms with E-state index < -0.39 is 0 Å². The molecule has 1 aliphatic carbocycles. The minimum absolute atomic E-state index is 0.000628. The van der Waals surface area contributed by atoms with Gasteiger partial charge in [-0.05, 0) is 51.9 Å². The van der Waals surface area contributed by atoms with Gasteiger partial charge in [-0.3, -0.25) is 9.89 Å². The van der Waals surface area contributed by atoms with Crippen LogP contribution in [0.1, 0.15) is 23.8 Å². The van der Waals surface area contributed by atoms with E-state index in [9.17, 15) is 4.79 Å². The van der Waals surface area contributed by atoms with Gasteiger partial charge in [0, 0.05) is 35.3 Å². The predicted octanol–water partition coefficient (Wildman–Crippen LogP) is 3.60. The van der Waals surface area contributed by atoms with E-state index in [0.29, 0.717) is 26.4 Å². The topological polar surface area (TPSA) is 108 Å². The van der Waals surface area contributed by atoms with Crippen molar-refractivity contribution in [3.05, 3.63) is 35.1 Å². The van der Waals surface area contributed by atoms with E-state index in [2.05, 4.69) is 37.3 Å². The van der Waals surface area contributed by atoms with Gasteiger partial charge in [0.25, 0.3) is 0 Å². The van der Waals surface area contributed by atoms with Crippen molar-refractivity contribution in [3.63, 3.8) is 0 Å². The second-order valence-corrected chi connectivity index (χ2v) is 11.5. The van der Waals surface area contributed by atoms with Crippen LogP contribution in [0.5, 0.6) is 5.75 Å². The number of aromatic nitrogens is 4. The normalized spacial score (nSPS) is 19.7. The highest BCUT2D eigenvalue weighted by molar-refractivity contribution is 7.19. The molecule has 0 radical (unpaired) electrons. The number of likely N-dealkylation sites (N-methyl/N-ethyl adjacent to an activating group) is 1. The maximum atomic E-state index is 13.4. The Hall–Kier alpha value is -3.28. The molecule has 1 aromatic carbocycles. The van der Waals surface area contributed by atoms with Crippen LogP contribution >= 0.6 is 11.3 Å². The lowest BCUT2D eigenvalue weighted by atomic mass is 9.86. The molecular weight excluding hydrogens is 502 g/mol. The number of ether oxygens (including phenoxy) is 2. The van der Waals surface area contributed by atoms with E-state index in [-0.39, 0.29) is 17.9 Å². The Morgan fingerprint density at radius 3 is 3.08 bits per heavy atom. The summed E-state index contributed by atoms with van der Waals surface area (Å²) < 4.78 is 11.7. The number of hydrogen-bond acceptors (Lipinski definition) is 9. The molecule has 2 unspecified atom stereocenters. The van der Waals surface area contributed by atoms with Gasteiger partial charge in [0.05, 0.1) is 42.0 Å². The molecule has 0 saturated carbocycles. The number of nitrogens with one attached hydrogen (secondary N) is 2. The Bertz CT molecular complexity index is 1470. The summed E-state index contributed by atoms with van der Waals surface area (Å²) in [7, 11) is 4.05. The smallest absolute Gasteiger partial charge is 0.226 e. The first kappa shape index (κ1) is 25.0. The van der Waals surface area contributed by atoms with Gasteiger partial charge < -0.3 is 24.6 Å². The number of thiophene rings is 1. The number of nitrogens with zero attached hydrogens (tertiary/aromatic N) is 5. The van der Waals surface area contributed by atoms with Crippen LogP contribution in [-0.4, -0.2) is 88.9 Å². The fourth-order valence-corrected chi connectivity index (χ4v) is 6.63. The predicted molar refractivity (Wildman–Crippen MR) is 148 cm³/mol. The number of carbonyl (C=O) groups excluding carboxylic acids is 1. The number of hydrogen-bond donors (Lipinski definition) is 2. The van der Waals surface area contributed by atoms with Gasteiger partial charge >= 0.3 is 0 Å². The molecule has 2 N–H and O–H groups in total. The Balaban J connectivity index is 1.29. The van der Waals surface area contributed by atoms with Gasteiger partial charge in [0.1, 0.15) is 29.3 Å². The summed E-state index contributed by atoms with van der Waals surface area (Å²) >= 11 is 1.68. The summed E-state index contributed by atoms with van der Waals surface area (Å²) in [5.41, 5.74) is 3.01. The van der Waals surface area contributed by atoms with Crippen LogP contribution in [-0.2, 0) is 22.4 Å². The molecule has 3 aromatic heterocycles. The summed E-state index contributed by atoms with van der Waals surface area (Å²) in [5.74, 6) is 1.76. The number of morpholine rings is 1. The van der Waals surface area contributed by atoms with E-state index >= 15 is 0 Å². The molecule has 4 heterocycles. The fraction of sp³-hybridized carbons (Fsp3) is 0.481. The van der Waals surface area contributed by atoms with Gasteiger partial charge in [0.15, 0.2) is 0 Å². The molecule has 38 heavy (non-hydrogen) atoms. The van der Waals surface area contributed by atoms with Gasteiger partial charge in [-0.15, -0.1) is 11.3 Å². The molecule has 2 aliphatic rings. The summed E-state index contributed by atoms with van der Waals surface area (Å²) in [5, 5.41) is 12.8. The molecule has 2 atom stereocenters. The number of H-pyrrole nitrogens is 1. The molecule has 10 nitrogen and oxygen atoms in total. The van der Waals surface area contributed by atoms with Gasteiger partial charge in [-0.1, -0.05) is 0 Å². The van der Waals surface area contributed by atoms with Crippen LogP contribution in [0.3, 0.4) is 0 Å². The third-order valence-corrected chi connectivity index (χ3v) is 8.60. The van der Waals surface area contributed by atoms with Crippen molar-refractivity contribution in [3.8, 4) is 5.75 Å². The Labute approximate surface area is 225 Å². The number of aryl methyl sites for hydroxylation is 1. The first-order valence-corrected chi connectivity index (χ1v) is 13.9. The number of rotatable bonds is 7. The second kappa shape index (κ2) is 10.5. The molecule has 4 aromatic rings. The average molecular weight is 536 g/mol. The molecule has 0 spiro atoms. The third-order valence-electron chi connectivity index (χ3n) is 7.43. The van der Waals surface area contributed by atoms with Crippen LogP contribution in [0.25, 0.3) is 21.1 Å². The van der Waals surface area contributed by atoms with E-state index in [4.69, 9.17) is 9.47 Å². The standard InChI is InChI=1S/C27H33N7O3S/c1-16-14-36-8-7-34(16)27(35)17-4-5-19-23(11-17)38-26-24(19)25(28-15-29-26)31-21-10-18-13-30-32-20(18)12-22(21)37-9-6-33(2)3/h10,12-13,15-17H,4-9,11,14H2,1-3H3,(H,30,32)(H,28,29,31). The van der Waals surface area contributed by atoms with E-state index in [0.717, 1.165) is 64.2 Å². The third kappa shape index (κ3) is 4.81. The lowest BCUT2D eigenvalue weighted by Gasteiger charge is -2.36. The summed E-state index contributed by atoms with van der Waals surface area (Å²) in [6.45, 7) is 5.34. The number of anilines is 2. The SMILES string of the molecule is CC1COCCN1C(=O)C1CCc2c(sc3ncnc(Nc4cc5cn[nH]c5cc4OCCN(C)C)c23)C1. The van der Waals surface area contributed by atoms with E-state index in [1.165, 1.54) is 10.4 Å². The largest absolute Gasteiger partial charge is 0.490 e. The Kier molecular flexibility index (Phi) is 6.89. The van der Waals surface area contributed by atoms with Crippen molar-refractivity contribution >= 4 is 49.9 Å². The zero-order chi connectivity index (χ0) is 26.2. The van der Waals surface area contributed by atoms with Crippen molar-refractivity contribution in [2.24, 2.45) is 5.92 Å². The first-order valence-electron chi connectivity index (χ1n) is 13.1. The number of aromatic amines is 1. The minimum atomic E-state index is 0.000628. The zero-order valence-corrected chi connectivity index (χ0v) is 22.8. The molecule has 11 heteroatoms. The molecule has 200 valence electrons. The van der Waals surface area contributed by atoms with Crippen LogP contribution in [0, 0.1) is 5.92 Å². The molecule has 0 bridgehead atoms. The molecule has 1 fully saturated rings. The van der Waals surface area contributed by atoms with E-state index in [1.807, 2.05) is 31.1 Å². The maximum absolute atomic E-state index is 13.4. The number of carbonyl (C=O) groups is 1. The quantitative estimate of drug-likeness (QED) is 0.370. The monoisotopic (exact) mass is 535 g/mol. The number of amides is 1. The number of fused-ring (bicyclic) bond motifs is 4. The molecule has 1 saturated heterocycles. The van der Waals surface area contributed by atoms with Gasteiger partial charge in [-0.25, -0.2) is 9.97 Å². The van der Waals surface area contributed by atoms with E-state index in [1.54, 1.807) is 23.9 Å². The highest BCUT2D eigenvalue weighted by Gasteiger charge is 2.34. The van der Waals surface area contributed by atoms with Crippen molar-refractivity contribution in [2.45, 2.75) is 32.2 Å². The van der Waals surface area contributed by atoms with Crippen molar-refractivity contribution < 1.29 is 14.3 Å². The second-order valence-electron chi connectivity index (χ2n) is 10.4. The Morgan fingerprint density at radius 2 is 2.24 bits per heavy atom. The molecule has 6 rings (SSSR count). The first-order chi connectivity index (χ1) is 18.5. The van der Waals surface area contributed by atoms with Gasteiger partial charge in [0.2, 0.25) is 5.91 Å². The van der Waals surface area contributed by atoms with Crippen LogP contribution in [0.4, 0.5) is 11.5 Å². The van der Waals surface area contributed by atoms with Crippen LogP contribution in [0.2, 0.25) is 0 Å². The highest BCUT2D eigenvalue weighted by atomic mass is 32.1. The molecule has 1 amide bonds. The fourth-order valence-electron chi connectivity index (χ4n) is 5.36. The average Bonchev–Trinajstić information content (AvgIpc) is 3.52. The van der Waals surface area contributed by atoms with Crippen LogP contribution < -0.4 is 10.1 Å². The minimum Gasteiger partial charge on any atom is -0.490 e. The highest BCUT2D eigenvalue weighted by Crippen LogP contribution is 2.42. The van der Waals surface area contributed by atoms with Gasteiger partial charge in [-0.2, -0.15) is 5.10 Å². The summed E-state index contributed by atoms with van der Waals surface area (Å²) in [6.07, 6.45) is 5.82. The maximum Gasteiger partial charge on any atom is 0.226 e. The molecule has 1 aliphatic heterocycles. The van der Waals surface area contributed by atoms with Crippen molar-refractivity contribution in [1.82, 2.24) is 30.0 Å². The van der Waals surface area contributed by atoms with Crippen LogP contribution in [0.15, 0.2) is 24.7 Å². The lowest BCUT2D eigenvalue weighted by Crippen LogP contribution is -2.50. The summed E-state index contributed by atoms with van der Waals surface area (Å²) in [4.78, 5) is 28.9. The molecular formula is C27H33N7O3S. The number of benzene rings is 1. The van der Waals surface area contributed by atoms with Crippen molar-refractivity contribution in [2.75, 3.05) is 52.3 Å². The zero-order valence-electron chi connectivity index (χ0n) is 22.0. The summed E-state index contributed by atoms with van der Waals surface area (Å²) in [6, 6.07) is 4.14. The van der Waals surface area contributed by atoms with Crippen molar-refractivity contribution in [1.29, 1.82) is 0 Å². The Morgan fingerprint density at radius 1 is 1.34 bits per heavy atom. The lowest BCUT2D eigenvalue weighted by molar-refractivity contribution is -0.143.